The van der Waals surface area contributed by atoms with Crippen molar-refractivity contribution in [2.75, 3.05) is 20.2 Å². The van der Waals surface area contributed by atoms with Crippen molar-refractivity contribution in [2.24, 2.45) is 0 Å². The number of nitrogens with zero attached hydrogens (tertiary/aromatic N) is 3. The lowest BCUT2D eigenvalue weighted by atomic mass is 10.2. The van der Waals surface area contributed by atoms with E-state index in [0.29, 0.717) is 0 Å². The van der Waals surface area contributed by atoms with Crippen molar-refractivity contribution in [1.82, 2.24) is 14.7 Å². The molecule has 8 heteroatoms. The molecule has 19 heavy (non-hydrogen) atoms. The van der Waals surface area contributed by atoms with Crippen molar-refractivity contribution in [3.8, 4) is 0 Å². The number of amides is 1. The molecule has 0 fully saturated rings. The second-order valence-corrected chi connectivity index (χ2v) is 4.39. The quantitative estimate of drug-likeness (QED) is 0.909. The number of alkyl halides is 3. The molecule has 0 atom stereocenters. The van der Waals surface area contributed by atoms with E-state index >= 15 is 0 Å². The van der Waals surface area contributed by atoms with Crippen LogP contribution in [0.3, 0.4) is 0 Å². The van der Waals surface area contributed by atoms with Crippen LogP contribution in [-0.4, -0.2) is 45.9 Å². The van der Waals surface area contributed by atoms with Crippen LogP contribution < -0.4 is 0 Å². The van der Waals surface area contributed by atoms with Gasteiger partial charge in [-0.25, -0.2) is 0 Å². The lowest BCUT2D eigenvalue weighted by molar-refractivity contribution is -0.145. The Morgan fingerprint density at radius 3 is 2.53 bits per heavy atom. The van der Waals surface area contributed by atoms with Gasteiger partial charge in [0.15, 0.2) is 5.69 Å². The zero-order valence-corrected chi connectivity index (χ0v) is 10.9. The average Bonchev–Trinajstić information content (AvgIpc) is 2.72. The molecule has 0 unspecified atom stereocenters. The number of aliphatic hydroxyl groups excluding tert-OH is 1. The van der Waals surface area contributed by atoms with E-state index in [4.69, 9.17) is 5.11 Å². The zero-order valence-electron chi connectivity index (χ0n) is 10.9. The van der Waals surface area contributed by atoms with Crippen LogP contribution in [0.4, 0.5) is 13.2 Å². The first-order valence-corrected chi connectivity index (χ1v) is 5.71. The summed E-state index contributed by atoms with van der Waals surface area (Å²) in [6.07, 6.45) is -3.75. The van der Waals surface area contributed by atoms with Gasteiger partial charge in [0.1, 0.15) is 0 Å². The highest BCUT2D eigenvalue weighted by atomic mass is 19.4. The van der Waals surface area contributed by atoms with E-state index < -0.39 is 29.4 Å². The Morgan fingerprint density at radius 2 is 2.11 bits per heavy atom. The Labute approximate surface area is 108 Å². The van der Waals surface area contributed by atoms with Crippen LogP contribution in [0.1, 0.15) is 35.9 Å². The van der Waals surface area contributed by atoms with Crippen LogP contribution in [0.25, 0.3) is 0 Å². The maximum Gasteiger partial charge on any atom is 0.433 e. The number of carbonyl (C=O) groups is 1. The largest absolute Gasteiger partial charge is 0.433 e. The lowest BCUT2D eigenvalue weighted by Gasteiger charge is -2.18. The standard InChI is InChI=1S/C11H16F3N3O2/c1-7(2)17-9(11(12,13)14)8(6-15-17)10(19)16(3)4-5-18/h6-7,18H,4-5H2,1-3H3. The fourth-order valence-electron chi connectivity index (χ4n) is 1.65. The second kappa shape index (κ2) is 5.60. The first-order chi connectivity index (χ1) is 8.70. The van der Waals surface area contributed by atoms with Crippen LogP contribution in [0.5, 0.6) is 0 Å². The number of carbonyl (C=O) groups excluding carboxylic acids is 1. The van der Waals surface area contributed by atoms with E-state index in [9.17, 15) is 18.0 Å². The summed E-state index contributed by atoms with van der Waals surface area (Å²) in [7, 11) is 1.32. The molecule has 1 aromatic heterocycles. The van der Waals surface area contributed by atoms with E-state index in [2.05, 4.69) is 5.10 Å². The Morgan fingerprint density at radius 1 is 1.53 bits per heavy atom. The van der Waals surface area contributed by atoms with Crippen LogP contribution in [0.15, 0.2) is 6.20 Å². The van der Waals surface area contributed by atoms with E-state index in [1.54, 1.807) is 13.8 Å². The van der Waals surface area contributed by atoms with Gasteiger partial charge in [0.25, 0.3) is 5.91 Å². The fourth-order valence-corrected chi connectivity index (χ4v) is 1.65. The van der Waals surface area contributed by atoms with Gasteiger partial charge < -0.3 is 10.0 Å². The molecular formula is C11H16F3N3O2. The van der Waals surface area contributed by atoms with Crippen molar-refractivity contribution in [1.29, 1.82) is 0 Å². The van der Waals surface area contributed by atoms with Gasteiger partial charge in [0.05, 0.1) is 18.4 Å². The van der Waals surface area contributed by atoms with E-state index in [1.165, 1.54) is 7.05 Å². The van der Waals surface area contributed by atoms with Crippen molar-refractivity contribution in [3.63, 3.8) is 0 Å². The van der Waals surface area contributed by atoms with Gasteiger partial charge in [-0.1, -0.05) is 0 Å². The molecule has 0 radical (unpaired) electrons. The van der Waals surface area contributed by atoms with Gasteiger partial charge in [-0.2, -0.15) is 18.3 Å². The highest BCUT2D eigenvalue weighted by molar-refractivity contribution is 5.95. The zero-order chi connectivity index (χ0) is 14.8. The average molecular weight is 279 g/mol. The maximum atomic E-state index is 13.0. The first-order valence-electron chi connectivity index (χ1n) is 5.71. The van der Waals surface area contributed by atoms with E-state index in [1.807, 2.05) is 0 Å². The van der Waals surface area contributed by atoms with Crippen molar-refractivity contribution >= 4 is 5.91 Å². The monoisotopic (exact) mass is 279 g/mol. The fraction of sp³-hybridized carbons (Fsp3) is 0.636. The van der Waals surface area contributed by atoms with Gasteiger partial charge in [0.2, 0.25) is 0 Å². The van der Waals surface area contributed by atoms with E-state index in [0.717, 1.165) is 15.8 Å². The second-order valence-electron chi connectivity index (χ2n) is 4.39. The third kappa shape index (κ3) is 3.25. The Balaban J connectivity index is 3.26. The van der Waals surface area contributed by atoms with Crippen molar-refractivity contribution in [2.45, 2.75) is 26.1 Å². The summed E-state index contributed by atoms with van der Waals surface area (Å²) in [5.41, 5.74) is -1.56. The molecule has 0 aliphatic heterocycles. The normalized spacial score (nSPS) is 12.0. The molecule has 1 aromatic rings. The molecule has 0 bridgehead atoms. The third-order valence-corrected chi connectivity index (χ3v) is 2.57. The maximum absolute atomic E-state index is 13.0. The molecule has 1 amide bonds. The van der Waals surface area contributed by atoms with Gasteiger partial charge >= 0.3 is 6.18 Å². The topological polar surface area (TPSA) is 58.4 Å². The van der Waals surface area contributed by atoms with Gasteiger partial charge in [-0.15, -0.1) is 0 Å². The van der Waals surface area contributed by atoms with Gasteiger partial charge in [-0.05, 0) is 13.8 Å². The molecular weight excluding hydrogens is 263 g/mol. The predicted molar refractivity (Wildman–Crippen MR) is 61.7 cm³/mol. The van der Waals surface area contributed by atoms with Crippen LogP contribution in [0.2, 0.25) is 0 Å². The molecule has 1 heterocycles. The first kappa shape index (κ1) is 15.5. The van der Waals surface area contributed by atoms with Crippen molar-refractivity contribution < 1.29 is 23.1 Å². The summed E-state index contributed by atoms with van der Waals surface area (Å²) in [5.74, 6) is -0.812. The van der Waals surface area contributed by atoms with Crippen LogP contribution >= 0.6 is 0 Å². The molecule has 0 aliphatic rings. The highest BCUT2D eigenvalue weighted by Gasteiger charge is 2.41. The smallest absolute Gasteiger partial charge is 0.395 e. The lowest BCUT2D eigenvalue weighted by Crippen LogP contribution is -2.31. The number of hydrogen-bond donors (Lipinski definition) is 1. The third-order valence-electron chi connectivity index (χ3n) is 2.57. The summed E-state index contributed by atoms with van der Waals surface area (Å²) in [4.78, 5) is 12.9. The minimum Gasteiger partial charge on any atom is -0.395 e. The summed E-state index contributed by atoms with van der Waals surface area (Å²) >= 11 is 0. The molecule has 0 saturated carbocycles. The molecule has 0 aliphatic carbocycles. The number of rotatable bonds is 4. The molecule has 5 nitrogen and oxygen atoms in total. The minimum absolute atomic E-state index is 0.0387. The van der Waals surface area contributed by atoms with Crippen molar-refractivity contribution in [3.05, 3.63) is 17.5 Å². The summed E-state index contributed by atoms with van der Waals surface area (Å²) in [6, 6.07) is -0.513. The Hall–Kier alpha value is -1.57. The summed E-state index contributed by atoms with van der Waals surface area (Å²) in [5, 5.41) is 12.4. The molecule has 1 N–H and O–H groups in total. The van der Waals surface area contributed by atoms with E-state index in [-0.39, 0.29) is 13.2 Å². The SMILES string of the molecule is CC(C)n1ncc(C(=O)N(C)CCO)c1C(F)(F)F. The van der Waals surface area contributed by atoms with Gasteiger partial charge in [0, 0.05) is 19.6 Å². The Bertz CT molecular complexity index is 455. The predicted octanol–water partition coefficient (Wildman–Crippen LogP) is 1.55. The number of halogens is 3. The number of aromatic nitrogens is 2. The number of hydrogen-bond acceptors (Lipinski definition) is 3. The van der Waals surface area contributed by atoms with Gasteiger partial charge in [-0.3, -0.25) is 9.48 Å². The highest BCUT2D eigenvalue weighted by Crippen LogP contribution is 2.33. The number of likely N-dealkylation sites (N-methyl/N-ethyl adjacent to an activating group) is 1. The molecule has 0 saturated heterocycles. The van der Waals surface area contributed by atoms with Crippen LogP contribution in [0, 0.1) is 0 Å². The Kier molecular flexibility index (Phi) is 4.56. The molecule has 108 valence electrons. The summed E-state index contributed by atoms with van der Waals surface area (Å²) in [6.45, 7) is 2.74. The summed E-state index contributed by atoms with van der Waals surface area (Å²) < 4.78 is 39.9. The van der Waals surface area contributed by atoms with Crippen LogP contribution in [-0.2, 0) is 6.18 Å². The minimum atomic E-state index is -4.66. The molecule has 0 aromatic carbocycles. The molecule has 1 rings (SSSR count). The molecule has 0 spiro atoms. The number of aliphatic hydroxyl groups is 1.